The number of benzene rings is 2. The number of rotatable bonds is 5. The number of aryl methyl sites for hydroxylation is 2. The van der Waals surface area contributed by atoms with Gasteiger partial charge >= 0.3 is 0 Å². The second kappa shape index (κ2) is 6.62. The van der Waals surface area contributed by atoms with Crippen molar-refractivity contribution in [2.75, 3.05) is 0 Å². The highest BCUT2D eigenvalue weighted by molar-refractivity contribution is 7.89. The van der Waals surface area contributed by atoms with Crippen molar-refractivity contribution < 1.29 is 18.3 Å². The van der Waals surface area contributed by atoms with Crippen LogP contribution >= 0.6 is 0 Å². The Bertz CT molecular complexity index is 873. The van der Waals surface area contributed by atoms with Gasteiger partial charge in [0.05, 0.1) is 17.1 Å². The van der Waals surface area contributed by atoms with Crippen LogP contribution in [0.5, 0.6) is 0 Å². The van der Waals surface area contributed by atoms with E-state index < -0.39 is 16.0 Å². The van der Waals surface area contributed by atoms with E-state index in [-0.39, 0.29) is 16.0 Å². The van der Waals surface area contributed by atoms with Gasteiger partial charge in [-0.3, -0.25) is 0 Å². The maximum absolute atomic E-state index is 12.3. The zero-order valence-electron chi connectivity index (χ0n) is 12.6. The van der Waals surface area contributed by atoms with Gasteiger partial charge in [-0.1, -0.05) is 36.4 Å². The molecule has 0 aromatic heterocycles. The number of sulfonamides is 1. The summed E-state index contributed by atoms with van der Waals surface area (Å²) in [7, 11) is -3.83. The molecule has 0 aliphatic rings. The first-order valence-electron chi connectivity index (χ1n) is 6.74. The normalized spacial score (nSPS) is 11.6. The number of carboxylic acids is 1. The molecule has 0 amide bonds. The van der Waals surface area contributed by atoms with E-state index in [1.54, 1.807) is 38.1 Å². The van der Waals surface area contributed by atoms with Gasteiger partial charge in [0.25, 0.3) is 10.0 Å². The molecule has 0 fully saturated rings. The molecule has 23 heavy (non-hydrogen) atoms. The summed E-state index contributed by atoms with van der Waals surface area (Å²) in [6.07, 6.45) is 1.13. The molecule has 0 radical (unpaired) electrons. The minimum Gasteiger partial charge on any atom is -0.545 e. The van der Waals surface area contributed by atoms with Crippen molar-refractivity contribution in [1.29, 1.82) is 0 Å². The fourth-order valence-electron chi connectivity index (χ4n) is 2.01. The van der Waals surface area contributed by atoms with Crippen LogP contribution in [0, 0.1) is 13.8 Å². The van der Waals surface area contributed by atoms with E-state index in [2.05, 4.69) is 9.93 Å². The lowest BCUT2D eigenvalue weighted by Crippen LogP contribution is -2.24. The first-order chi connectivity index (χ1) is 10.8. The third kappa shape index (κ3) is 3.95. The van der Waals surface area contributed by atoms with E-state index >= 15 is 0 Å². The molecule has 0 aliphatic heterocycles. The van der Waals surface area contributed by atoms with Crippen molar-refractivity contribution in [1.82, 2.24) is 4.83 Å². The standard InChI is InChI=1S/C16H16N2O4S/c1-11-7-8-12(2)15(9-11)23(21,22)18-17-10-13-5-3-4-6-14(13)16(19)20/h3-10,18H,1-2H3,(H,19,20)/p-1/b17-10-. The first kappa shape index (κ1) is 16.7. The topological polar surface area (TPSA) is 98.7 Å². The quantitative estimate of drug-likeness (QED) is 0.652. The molecular formula is C16H15N2O4S-. The maximum atomic E-state index is 12.3. The van der Waals surface area contributed by atoms with E-state index in [0.717, 1.165) is 11.8 Å². The molecule has 0 atom stereocenters. The summed E-state index contributed by atoms with van der Waals surface area (Å²) in [5.74, 6) is -1.36. The molecule has 120 valence electrons. The summed E-state index contributed by atoms with van der Waals surface area (Å²) < 4.78 is 24.5. The second-order valence-corrected chi connectivity index (χ2v) is 6.63. The summed E-state index contributed by atoms with van der Waals surface area (Å²) in [4.78, 5) is 13.2. The highest BCUT2D eigenvalue weighted by Crippen LogP contribution is 2.16. The average molecular weight is 331 g/mol. The molecule has 0 heterocycles. The van der Waals surface area contributed by atoms with Crippen molar-refractivity contribution in [3.8, 4) is 0 Å². The van der Waals surface area contributed by atoms with Crippen LogP contribution in [0.15, 0.2) is 52.5 Å². The number of carboxylic acid groups (broad SMARTS) is 1. The van der Waals surface area contributed by atoms with Crippen molar-refractivity contribution in [3.63, 3.8) is 0 Å². The zero-order chi connectivity index (χ0) is 17.0. The third-order valence-corrected chi connectivity index (χ3v) is 4.56. The fraction of sp³-hybridized carbons (Fsp3) is 0.125. The van der Waals surface area contributed by atoms with E-state index in [1.165, 1.54) is 12.1 Å². The molecule has 2 rings (SSSR count). The van der Waals surface area contributed by atoms with Crippen LogP contribution in [-0.4, -0.2) is 20.6 Å². The predicted molar refractivity (Wildman–Crippen MR) is 84.6 cm³/mol. The summed E-state index contributed by atoms with van der Waals surface area (Å²) >= 11 is 0. The minimum atomic E-state index is -3.83. The highest BCUT2D eigenvalue weighted by atomic mass is 32.2. The van der Waals surface area contributed by atoms with Crippen molar-refractivity contribution >= 4 is 22.2 Å². The molecule has 7 heteroatoms. The van der Waals surface area contributed by atoms with Crippen molar-refractivity contribution in [3.05, 3.63) is 64.7 Å². The summed E-state index contributed by atoms with van der Waals surface area (Å²) in [6, 6.07) is 11.1. The Hall–Kier alpha value is -2.67. The molecule has 0 saturated carbocycles. The predicted octanol–water partition coefficient (Wildman–Crippen LogP) is 0.979. The van der Waals surface area contributed by atoms with Crippen LogP contribution in [0.25, 0.3) is 0 Å². The van der Waals surface area contributed by atoms with Gasteiger partial charge in [0, 0.05) is 11.1 Å². The third-order valence-electron chi connectivity index (χ3n) is 3.19. The SMILES string of the molecule is Cc1ccc(C)c(S(=O)(=O)N/N=C\c2ccccc2C(=O)[O-])c1. The molecule has 2 aromatic carbocycles. The number of hydrogen-bond donors (Lipinski definition) is 1. The van der Waals surface area contributed by atoms with Gasteiger partial charge < -0.3 is 9.90 Å². The first-order valence-corrected chi connectivity index (χ1v) is 8.22. The van der Waals surface area contributed by atoms with Gasteiger partial charge in [-0.15, -0.1) is 0 Å². The molecule has 0 unspecified atom stereocenters. The number of hydrazone groups is 1. The van der Waals surface area contributed by atoms with Crippen molar-refractivity contribution in [2.24, 2.45) is 5.10 Å². The van der Waals surface area contributed by atoms with Crippen LogP contribution < -0.4 is 9.94 Å². The zero-order valence-corrected chi connectivity index (χ0v) is 13.4. The minimum absolute atomic E-state index is 0.0674. The van der Waals surface area contributed by atoms with E-state index in [1.807, 2.05) is 6.07 Å². The van der Waals surface area contributed by atoms with Gasteiger partial charge in [-0.05, 0) is 31.0 Å². The van der Waals surface area contributed by atoms with Crippen LogP contribution in [0.1, 0.15) is 27.0 Å². The Balaban J connectivity index is 2.26. The smallest absolute Gasteiger partial charge is 0.276 e. The Kier molecular flexibility index (Phi) is 4.80. The van der Waals surface area contributed by atoms with Gasteiger partial charge in [0.15, 0.2) is 0 Å². The Morgan fingerprint density at radius 3 is 2.57 bits per heavy atom. The maximum Gasteiger partial charge on any atom is 0.276 e. The molecule has 0 spiro atoms. The molecule has 0 saturated heterocycles. The number of carbonyl (C=O) groups excluding carboxylic acids is 1. The molecule has 6 nitrogen and oxygen atoms in total. The molecular weight excluding hydrogens is 316 g/mol. The lowest BCUT2D eigenvalue weighted by Gasteiger charge is -2.08. The van der Waals surface area contributed by atoms with Crippen LogP contribution in [0.2, 0.25) is 0 Å². The van der Waals surface area contributed by atoms with Crippen LogP contribution in [0.3, 0.4) is 0 Å². The lowest BCUT2D eigenvalue weighted by atomic mass is 10.1. The fourth-order valence-corrected chi connectivity index (χ4v) is 3.13. The lowest BCUT2D eigenvalue weighted by molar-refractivity contribution is -0.255. The summed E-state index contributed by atoms with van der Waals surface area (Å²) in [5, 5.41) is 14.6. The van der Waals surface area contributed by atoms with E-state index in [4.69, 9.17) is 0 Å². The Morgan fingerprint density at radius 2 is 1.87 bits per heavy atom. The van der Waals surface area contributed by atoms with Gasteiger partial charge in [-0.25, -0.2) is 4.83 Å². The second-order valence-electron chi connectivity index (χ2n) is 5.00. The number of aromatic carboxylic acids is 1. The van der Waals surface area contributed by atoms with Crippen molar-refractivity contribution in [2.45, 2.75) is 18.7 Å². The number of nitrogens with zero attached hydrogens (tertiary/aromatic N) is 1. The Morgan fingerprint density at radius 1 is 1.17 bits per heavy atom. The van der Waals surface area contributed by atoms with Crippen LogP contribution in [0.4, 0.5) is 0 Å². The summed E-state index contributed by atoms with van der Waals surface area (Å²) in [5.41, 5.74) is 1.58. The molecule has 2 aromatic rings. The number of carbonyl (C=O) groups is 1. The highest BCUT2D eigenvalue weighted by Gasteiger charge is 2.15. The number of nitrogens with one attached hydrogen (secondary N) is 1. The van der Waals surface area contributed by atoms with Gasteiger partial charge in [-0.2, -0.15) is 13.5 Å². The van der Waals surface area contributed by atoms with Crippen LogP contribution in [-0.2, 0) is 10.0 Å². The van der Waals surface area contributed by atoms with E-state index in [0.29, 0.717) is 5.56 Å². The van der Waals surface area contributed by atoms with Gasteiger partial charge in [0.2, 0.25) is 0 Å². The van der Waals surface area contributed by atoms with Gasteiger partial charge in [0.1, 0.15) is 0 Å². The average Bonchev–Trinajstić information content (AvgIpc) is 2.49. The Labute approximate surface area is 134 Å². The molecule has 0 bridgehead atoms. The molecule has 0 aliphatic carbocycles. The largest absolute Gasteiger partial charge is 0.545 e. The number of hydrogen-bond acceptors (Lipinski definition) is 5. The monoisotopic (exact) mass is 331 g/mol. The molecule has 1 N–H and O–H groups in total. The van der Waals surface area contributed by atoms with E-state index in [9.17, 15) is 18.3 Å². The summed E-state index contributed by atoms with van der Waals surface area (Å²) in [6.45, 7) is 3.47.